The second kappa shape index (κ2) is 5.66. The van der Waals surface area contributed by atoms with Crippen molar-refractivity contribution >= 4 is 11.7 Å². The molecule has 0 bridgehead atoms. The Bertz CT molecular complexity index is 432. The lowest BCUT2D eigenvalue weighted by atomic mass is 10.4. The summed E-state index contributed by atoms with van der Waals surface area (Å²) in [6.07, 6.45) is 2.67. The first-order valence-electron chi connectivity index (χ1n) is 6.10. The minimum absolute atomic E-state index is 0.0859. The van der Waals surface area contributed by atoms with Gasteiger partial charge in [-0.05, 0) is 19.8 Å². The van der Waals surface area contributed by atoms with Crippen LogP contribution in [0.4, 0.5) is 5.82 Å². The average Bonchev–Trinajstić information content (AvgIpc) is 3.12. The van der Waals surface area contributed by atoms with Gasteiger partial charge in [-0.2, -0.15) is 4.98 Å². The van der Waals surface area contributed by atoms with Crippen LogP contribution in [0.3, 0.4) is 0 Å². The largest absolute Gasteiger partial charge is 0.481 e. The van der Waals surface area contributed by atoms with E-state index in [1.807, 2.05) is 0 Å². The van der Waals surface area contributed by atoms with E-state index >= 15 is 0 Å². The summed E-state index contributed by atoms with van der Waals surface area (Å²) in [4.78, 5) is 19.8. The van der Waals surface area contributed by atoms with Crippen LogP contribution < -0.4 is 15.4 Å². The van der Waals surface area contributed by atoms with Gasteiger partial charge in [-0.15, -0.1) is 0 Å². The van der Waals surface area contributed by atoms with Gasteiger partial charge in [0, 0.05) is 25.1 Å². The van der Waals surface area contributed by atoms with Gasteiger partial charge in [-0.3, -0.25) is 4.79 Å². The number of methoxy groups -OCH3 is 1. The van der Waals surface area contributed by atoms with E-state index in [1.54, 1.807) is 20.1 Å². The number of carbonyl (C=O) groups is 1. The van der Waals surface area contributed by atoms with Gasteiger partial charge in [0.25, 0.3) is 0 Å². The van der Waals surface area contributed by atoms with Gasteiger partial charge in [-0.25, -0.2) is 4.98 Å². The van der Waals surface area contributed by atoms with Gasteiger partial charge < -0.3 is 15.4 Å². The topological polar surface area (TPSA) is 76.1 Å². The van der Waals surface area contributed by atoms with Crippen molar-refractivity contribution in [2.45, 2.75) is 32.2 Å². The van der Waals surface area contributed by atoms with E-state index in [0.717, 1.165) is 12.8 Å². The summed E-state index contributed by atoms with van der Waals surface area (Å²) in [5.41, 5.74) is 0. The Labute approximate surface area is 106 Å². The molecule has 0 spiro atoms. The molecule has 1 fully saturated rings. The van der Waals surface area contributed by atoms with Gasteiger partial charge in [-0.1, -0.05) is 0 Å². The first-order valence-corrected chi connectivity index (χ1v) is 6.10. The maximum atomic E-state index is 11.5. The first-order chi connectivity index (χ1) is 8.67. The van der Waals surface area contributed by atoms with E-state index < -0.39 is 0 Å². The molecule has 2 N–H and O–H groups in total. The molecule has 1 aromatic rings. The molecule has 18 heavy (non-hydrogen) atoms. The number of nitrogens with zero attached hydrogens (tertiary/aromatic N) is 2. The molecule has 1 aromatic heterocycles. The van der Waals surface area contributed by atoms with Crippen LogP contribution in [0.2, 0.25) is 0 Å². The summed E-state index contributed by atoms with van der Waals surface area (Å²) in [7, 11) is 1.56. The molecule has 0 radical (unpaired) electrons. The Kier molecular flexibility index (Phi) is 3.96. The van der Waals surface area contributed by atoms with Crippen molar-refractivity contribution in [1.29, 1.82) is 0 Å². The highest BCUT2D eigenvalue weighted by molar-refractivity contribution is 5.77. The predicted octanol–water partition coefficient (Wildman–Crippen LogP) is 0.874. The molecule has 0 atom stereocenters. The van der Waals surface area contributed by atoms with Crippen LogP contribution in [0.15, 0.2) is 6.07 Å². The standard InChI is InChI=1S/C12H18N4O2/c1-8-14-10(7-12(15-8)18-2)13-6-5-11(17)16-9-3-4-9/h7,9H,3-6H2,1-2H3,(H,16,17)(H,13,14,15). The molecule has 0 aliphatic heterocycles. The van der Waals surface area contributed by atoms with E-state index in [4.69, 9.17) is 4.74 Å². The summed E-state index contributed by atoms with van der Waals surface area (Å²) in [5.74, 6) is 1.92. The molecule has 1 aliphatic rings. The zero-order chi connectivity index (χ0) is 13.0. The van der Waals surface area contributed by atoms with Crippen LogP contribution >= 0.6 is 0 Å². The second-order valence-corrected chi connectivity index (χ2v) is 4.36. The summed E-state index contributed by atoms with van der Waals surface area (Å²) < 4.78 is 5.05. The van der Waals surface area contributed by atoms with Crippen molar-refractivity contribution in [1.82, 2.24) is 15.3 Å². The van der Waals surface area contributed by atoms with E-state index in [-0.39, 0.29) is 5.91 Å². The van der Waals surface area contributed by atoms with Crippen molar-refractivity contribution in [3.63, 3.8) is 0 Å². The highest BCUT2D eigenvalue weighted by Gasteiger charge is 2.22. The summed E-state index contributed by atoms with van der Waals surface area (Å²) in [5, 5.41) is 6.03. The number of anilines is 1. The fraction of sp³-hybridized carbons (Fsp3) is 0.583. The van der Waals surface area contributed by atoms with Gasteiger partial charge in [0.05, 0.1) is 7.11 Å². The van der Waals surface area contributed by atoms with Gasteiger partial charge in [0.15, 0.2) is 0 Å². The predicted molar refractivity (Wildman–Crippen MR) is 67.6 cm³/mol. The molecule has 98 valence electrons. The SMILES string of the molecule is COc1cc(NCCC(=O)NC2CC2)nc(C)n1. The fourth-order valence-corrected chi connectivity index (χ4v) is 1.57. The zero-order valence-electron chi connectivity index (χ0n) is 10.7. The van der Waals surface area contributed by atoms with Gasteiger partial charge in [0.1, 0.15) is 11.6 Å². The molecule has 0 unspecified atom stereocenters. The van der Waals surface area contributed by atoms with Crippen LogP contribution in [-0.4, -0.2) is 35.6 Å². The Morgan fingerprint density at radius 3 is 2.94 bits per heavy atom. The van der Waals surface area contributed by atoms with E-state index in [2.05, 4.69) is 20.6 Å². The molecular formula is C12H18N4O2. The van der Waals surface area contributed by atoms with Crippen LogP contribution in [-0.2, 0) is 4.79 Å². The number of ether oxygens (including phenoxy) is 1. The van der Waals surface area contributed by atoms with Gasteiger partial charge >= 0.3 is 0 Å². The van der Waals surface area contributed by atoms with Crippen LogP contribution in [0.1, 0.15) is 25.1 Å². The van der Waals surface area contributed by atoms with Crippen molar-refractivity contribution < 1.29 is 9.53 Å². The number of hydrogen-bond acceptors (Lipinski definition) is 5. The molecule has 1 heterocycles. The number of amides is 1. The molecule has 6 heteroatoms. The molecular weight excluding hydrogens is 232 g/mol. The lowest BCUT2D eigenvalue weighted by molar-refractivity contribution is -0.120. The number of carbonyl (C=O) groups excluding carboxylic acids is 1. The van der Waals surface area contributed by atoms with Crippen LogP contribution in [0.25, 0.3) is 0 Å². The Morgan fingerprint density at radius 2 is 2.28 bits per heavy atom. The lowest BCUT2D eigenvalue weighted by Gasteiger charge is -2.08. The van der Waals surface area contributed by atoms with E-state index in [1.165, 1.54) is 0 Å². The zero-order valence-corrected chi connectivity index (χ0v) is 10.7. The quantitative estimate of drug-likeness (QED) is 0.783. The first kappa shape index (κ1) is 12.6. The summed E-state index contributed by atoms with van der Waals surface area (Å²) in [6, 6.07) is 2.13. The number of aryl methyl sites for hydroxylation is 1. The molecule has 6 nitrogen and oxygen atoms in total. The molecule has 1 amide bonds. The average molecular weight is 250 g/mol. The maximum Gasteiger partial charge on any atom is 0.221 e. The molecule has 1 saturated carbocycles. The highest BCUT2D eigenvalue weighted by Crippen LogP contribution is 2.18. The minimum Gasteiger partial charge on any atom is -0.481 e. The Morgan fingerprint density at radius 1 is 1.50 bits per heavy atom. The molecule has 0 saturated heterocycles. The molecule has 0 aromatic carbocycles. The fourth-order valence-electron chi connectivity index (χ4n) is 1.57. The molecule has 2 rings (SSSR count). The minimum atomic E-state index is 0.0859. The number of hydrogen-bond donors (Lipinski definition) is 2. The van der Waals surface area contributed by atoms with Crippen molar-refractivity contribution in [2.24, 2.45) is 0 Å². The number of nitrogens with one attached hydrogen (secondary N) is 2. The highest BCUT2D eigenvalue weighted by atomic mass is 16.5. The van der Waals surface area contributed by atoms with E-state index in [9.17, 15) is 4.79 Å². The smallest absolute Gasteiger partial charge is 0.221 e. The molecule has 1 aliphatic carbocycles. The summed E-state index contributed by atoms with van der Waals surface area (Å²) >= 11 is 0. The van der Waals surface area contributed by atoms with Crippen LogP contribution in [0.5, 0.6) is 5.88 Å². The van der Waals surface area contributed by atoms with Crippen molar-refractivity contribution in [2.75, 3.05) is 19.0 Å². The van der Waals surface area contributed by atoms with Crippen LogP contribution in [0, 0.1) is 6.92 Å². The maximum absolute atomic E-state index is 11.5. The second-order valence-electron chi connectivity index (χ2n) is 4.36. The lowest BCUT2D eigenvalue weighted by Crippen LogP contribution is -2.27. The van der Waals surface area contributed by atoms with Crippen molar-refractivity contribution in [3.05, 3.63) is 11.9 Å². The Hall–Kier alpha value is -1.85. The monoisotopic (exact) mass is 250 g/mol. The van der Waals surface area contributed by atoms with E-state index in [0.29, 0.717) is 36.5 Å². The third kappa shape index (κ3) is 3.87. The van der Waals surface area contributed by atoms with Gasteiger partial charge in [0.2, 0.25) is 11.8 Å². The van der Waals surface area contributed by atoms with Crippen molar-refractivity contribution in [3.8, 4) is 5.88 Å². The Balaban J connectivity index is 1.78. The summed E-state index contributed by atoms with van der Waals surface area (Å²) in [6.45, 7) is 2.35. The third-order valence-electron chi connectivity index (χ3n) is 2.62. The number of rotatable bonds is 6. The normalized spacial score (nSPS) is 14.1. The third-order valence-corrected chi connectivity index (χ3v) is 2.62. The number of aromatic nitrogens is 2.